The smallest absolute Gasteiger partial charge is 0.102 e. The second-order valence-corrected chi connectivity index (χ2v) is 39.9. The fraction of sp³-hybridized carbons (Fsp3) is 0.0977. The van der Waals surface area contributed by atoms with Crippen LogP contribution in [0, 0.1) is 68.0 Å². The van der Waals surface area contributed by atoms with E-state index < -0.39 is 0 Å². The minimum Gasteiger partial charge on any atom is -0.308 e. The van der Waals surface area contributed by atoms with Gasteiger partial charge in [0.25, 0.3) is 0 Å². The van der Waals surface area contributed by atoms with E-state index in [1.807, 2.05) is 127 Å². The van der Waals surface area contributed by atoms with Crippen LogP contribution in [0.25, 0.3) is 194 Å². The molecular formula is C133H93N9. The normalized spacial score (nSPS) is 13.0. The van der Waals surface area contributed by atoms with Gasteiger partial charge in [-0.25, -0.2) is 0 Å². The molecule has 0 radical (unpaired) electrons. The van der Waals surface area contributed by atoms with Gasteiger partial charge < -0.3 is 13.7 Å². The van der Waals surface area contributed by atoms with Gasteiger partial charge in [0.05, 0.1) is 102 Å². The molecule has 0 N–H and O–H groups in total. The van der Waals surface area contributed by atoms with Gasteiger partial charge in [-0.05, 0) is 243 Å². The third-order valence-corrected chi connectivity index (χ3v) is 30.0. The quantitative estimate of drug-likeness (QED) is 0.133. The molecule has 0 saturated heterocycles. The Morgan fingerprint density at radius 3 is 0.845 bits per heavy atom. The third-order valence-electron chi connectivity index (χ3n) is 30.0. The van der Waals surface area contributed by atoms with Crippen LogP contribution in [0.15, 0.2) is 400 Å². The van der Waals surface area contributed by atoms with Crippen molar-refractivity contribution in [3.05, 3.63) is 473 Å². The Kier molecular flexibility index (Phi) is 21.0. The number of hydrogen-bond donors (Lipinski definition) is 0. The van der Waals surface area contributed by atoms with E-state index in [1.165, 1.54) is 66.8 Å². The molecule has 0 unspecified atom stereocenters. The fourth-order valence-corrected chi connectivity index (χ4v) is 23.3. The van der Waals surface area contributed by atoms with Gasteiger partial charge in [-0.2, -0.15) is 31.6 Å². The van der Waals surface area contributed by atoms with E-state index in [1.54, 1.807) is 0 Å². The number of para-hydroxylation sites is 3. The molecule has 19 aromatic carbocycles. The summed E-state index contributed by atoms with van der Waals surface area (Å²) in [5, 5.41) is 71.4. The molecule has 3 aliphatic rings. The van der Waals surface area contributed by atoms with E-state index in [2.05, 4.69) is 385 Å². The fourth-order valence-electron chi connectivity index (χ4n) is 23.3. The summed E-state index contributed by atoms with van der Waals surface area (Å²) >= 11 is 0. The number of benzene rings is 19. The lowest BCUT2D eigenvalue weighted by Gasteiger charge is -2.25. The van der Waals surface area contributed by atoms with E-state index in [-0.39, 0.29) is 21.7 Å². The molecule has 3 aliphatic carbocycles. The molecule has 0 amide bonds. The third kappa shape index (κ3) is 13.8. The number of nitrogens with zero attached hydrogens (tertiary/aromatic N) is 9. The Morgan fingerprint density at radius 1 is 0.197 bits per heavy atom. The van der Waals surface area contributed by atoms with E-state index in [0.29, 0.717) is 50.1 Å². The molecule has 142 heavy (non-hydrogen) atoms. The van der Waals surface area contributed by atoms with E-state index in [4.69, 9.17) is 0 Å². The van der Waals surface area contributed by atoms with Gasteiger partial charge in [-0.1, -0.05) is 353 Å². The predicted octanol–water partition coefficient (Wildman–Crippen LogP) is 33.5. The summed E-state index contributed by atoms with van der Waals surface area (Å²) in [5.41, 5.74) is 40.0. The highest BCUT2D eigenvalue weighted by Gasteiger charge is 2.41. The average Bonchev–Trinajstić information content (AvgIpc) is 1.56. The Labute approximate surface area is 826 Å². The highest BCUT2D eigenvalue weighted by atomic mass is 15.0. The van der Waals surface area contributed by atoms with E-state index >= 15 is 0 Å². The lowest BCUT2D eigenvalue weighted by molar-refractivity contribution is 0.592. The number of hydrogen-bond acceptors (Lipinski definition) is 6. The topological polar surface area (TPSA) is 158 Å². The Bertz CT molecular complexity index is 9230. The van der Waals surface area contributed by atoms with Crippen LogP contribution in [0.1, 0.15) is 135 Å². The Hall–Kier alpha value is -18.5. The van der Waals surface area contributed by atoms with E-state index in [0.717, 1.165) is 149 Å². The van der Waals surface area contributed by atoms with Crippen LogP contribution in [0.2, 0.25) is 0 Å². The minimum absolute atomic E-state index is 0.152. The van der Waals surface area contributed by atoms with Crippen molar-refractivity contribution >= 4 is 65.4 Å². The van der Waals surface area contributed by atoms with Crippen LogP contribution in [0.3, 0.4) is 0 Å². The van der Waals surface area contributed by atoms with Crippen molar-refractivity contribution in [3.63, 3.8) is 0 Å². The first-order chi connectivity index (χ1) is 69.1. The summed E-state index contributed by atoms with van der Waals surface area (Å²) in [6.07, 6.45) is 0. The largest absolute Gasteiger partial charge is 0.308 e. The first kappa shape index (κ1) is 87.6. The van der Waals surface area contributed by atoms with Gasteiger partial charge in [0.2, 0.25) is 0 Å². The zero-order chi connectivity index (χ0) is 97.4. The van der Waals surface area contributed by atoms with Gasteiger partial charge >= 0.3 is 0 Å². The summed E-state index contributed by atoms with van der Waals surface area (Å²) in [5.74, 6) is 0. The molecule has 670 valence electrons. The molecular weight excluding hydrogens is 1720 g/mol. The highest BCUT2D eigenvalue weighted by molar-refractivity contribution is 6.16. The maximum Gasteiger partial charge on any atom is 0.102 e. The van der Waals surface area contributed by atoms with Gasteiger partial charge in [0, 0.05) is 70.8 Å². The molecule has 22 aromatic rings. The summed E-state index contributed by atoms with van der Waals surface area (Å²) in [6.45, 7) is 20.3. The SMILES string of the molecule is CC(C)(C)c1ccccc1-c1c(C#N)ccc(-n2c3ccccc3c3cc4c(cc32)C(C)(C)c2ccccc2-4)c1C#N.CC1(C)c2ccccc2-c2cc3c4ccccc4n(-c4ccc(C#N)c(-c5c(-c6ccccc6)cccc5-c5ccccc5)c4C#N)c3cc21.CC1(C)c2ccccc2-c2cc3c4ccccc4n(-c4ccc(C#N)c(-c5cc(-c6ccccc6)cc(-c6ccccc6)c5)c4C#N)c3cc21. The summed E-state index contributed by atoms with van der Waals surface area (Å²) in [6, 6.07) is 154. The second kappa shape index (κ2) is 34.0. The maximum absolute atomic E-state index is 11.2. The molecule has 0 bridgehead atoms. The Morgan fingerprint density at radius 2 is 0.486 bits per heavy atom. The molecule has 0 fully saturated rings. The van der Waals surface area contributed by atoms with Gasteiger partial charge in [0.15, 0.2) is 0 Å². The van der Waals surface area contributed by atoms with Crippen LogP contribution in [0.4, 0.5) is 0 Å². The summed E-state index contributed by atoms with van der Waals surface area (Å²) in [4.78, 5) is 0. The van der Waals surface area contributed by atoms with Crippen molar-refractivity contribution in [2.45, 2.75) is 84.0 Å². The number of aromatic nitrogens is 3. The molecule has 25 rings (SSSR count). The minimum atomic E-state index is -0.186. The monoisotopic (exact) mass is 1820 g/mol. The van der Waals surface area contributed by atoms with Crippen molar-refractivity contribution in [3.8, 4) is 165 Å². The van der Waals surface area contributed by atoms with Crippen LogP contribution < -0.4 is 0 Å². The van der Waals surface area contributed by atoms with E-state index in [9.17, 15) is 31.6 Å². The highest BCUT2D eigenvalue weighted by Crippen LogP contribution is 2.57. The summed E-state index contributed by atoms with van der Waals surface area (Å²) in [7, 11) is 0. The van der Waals surface area contributed by atoms with Crippen molar-refractivity contribution in [1.29, 1.82) is 31.6 Å². The van der Waals surface area contributed by atoms with Gasteiger partial charge in [0.1, 0.15) is 18.2 Å². The van der Waals surface area contributed by atoms with Gasteiger partial charge in [-0.15, -0.1) is 0 Å². The van der Waals surface area contributed by atoms with Crippen molar-refractivity contribution < 1.29 is 0 Å². The van der Waals surface area contributed by atoms with Crippen LogP contribution in [0.5, 0.6) is 0 Å². The number of fused-ring (bicyclic) bond motifs is 18. The first-order valence-electron chi connectivity index (χ1n) is 48.2. The standard InChI is InChI=1S/2C47H31N3.C39H31N3/c1-47(2)40-22-11-9-18-35(40)37-26-38-36-19-10-12-23-42(36)50(44(38)27-41(37)47)43-25-24-32(28-48)45(39(43)29-49)46-33(30-14-5-3-6-15-30)20-13-21-34(46)31-16-7-4-8-17-31;1-47(2)41-19-11-9-17-36(41)38-26-39-37-18-10-12-20-43(37)50(45(39)27-42(38)47)44-22-21-32(28-48)46(40(44)29-49)35-24-33(30-13-5-3-6-14-30)23-34(25-35)31-15-7-4-8-16-31;1-38(2,3)31-15-9-7-14-27(31)37-24(22-40)18-19-35(30(37)23-41)42-34-17-11-8-13-26(34)29-20-28-25-12-6-10-16-32(25)39(4,5)33(28)21-36(29)42/h2*3-27H,1-2H3;6-21H,1-5H3. The molecule has 3 aromatic heterocycles. The zero-order valence-electron chi connectivity index (χ0n) is 80.1. The van der Waals surface area contributed by atoms with Crippen LogP contribution in [-0.4, -0.2) is 13.7 Å². The lowest BCUT2D eigenvalue weighted by Crippen LogP contribution is -2.15. The zero-order valence-corrected chi connectivity index (χ0v) is 80.1. The van der Waals surface area contributed by atoms with Crippen molar-refractivity contribution in [2.75, 3.05) is 0 Å². The second-order valence-electron chi connectivity index (χ2n) is 39.9. The van der Waals surface area contributed by atoms with Crippen molar-refractivity contribution in [1.82, 2.24) is 13.7 Å². The molecule has 0 atom stereocenters. The molecule has 0 spiro atoms. The van der Waals surface area contributed by atoms with Crippen molar-refractivity contribution in [2.24, 2.45) is 0 Å². The summed E-state index contributed by atoms with van der Waals surface area (Å²) < 4.78 is 6.69. The number of rotatable bonds is 10. The molecule has 9 heteroatoms. The first-order valence-corrected chi connectivity index (χ1v) is 48.2. The predicted molar refractivity (Wildman–Crippen MR) is 580 cm³/mol. The number of nitriles is 6. The van der Waals surface area contributed by atoms with Crippen LogP contribution in [-0.2, 0) is 21.7 Å². The lowest BCUT2D eigenvalue weighted by atomic mass is 9.80. The maximum atomic E-state index is 11.2. The molecule has 9 nitrogen and oxygen atoms in total. The van der Waals surface area contributed by atoms with Crippen LogP contribution >= 0.6 is 0 Å². The molecule has 0 aliphatic heterocycles. The van der Waals surface area contributed by atoms with Gasteiger partial charge in [-0.3, -0.25) is 0 Å². The average molecular weight is 1820 g/mol. The molecule has 3 heterocycles. The molecule has 0 saturated carbocycles. The Balaban J connectivity index is 0.000000119.